The number of rotatable bonds is 3. The van der Waals surface area contributed by atoms with Crippen molar-refractivity contribution in [3.05, 3.63) is 35.4 Å². The predicted molar refractivity (Wildman–Crippen MR) is 58.6 cm³/mol. The summed E-state index contributed by atoms with van der Waals surface area (Å²) in [5.41, 5.74) is 8.07. The van der Waals surface area contributed by atoms with Crippen molar-refractivity contribution in [2.75, 3.05) is 13.2 Å². The summed E-state index contributed by atoms with van der Waals surface area (Å²) in [6.07, 6.45) is 0.752. The van der Waals surface area contributed by atoms with E-state index in [1.165, 1.54) is 11.1 Å². The van der Waals surface area contributed by atoms with E-state index in [1.807, 2.05) is 12.1 Å². The molecule has 1 aliphatic rings. The minimum absolute atomic E-state index is 0.0685. The highest BCUT2D eigenvalue weighted by Crippen LogP contribution is 2.17. The van der Waals surface area contributed by atoms with E-state index >= 15 is 0 Å². The Morgan fingerprint density at radius 3 is 2.87 bits per heavy atom. The fourth-order valence-corrected chi connectivity index (χ4v) is 1.76. The fourth-order valence-electron chi connectivity index (χ4n) is 1.76. The molecule has 15 heavy (non-hydrogen) atoms. The standard InChI is InChI=1S/C12H17NO2/c1-9-4-2-3-5-10(9)6-12-14-8-11(7-13)15-12/h2-5,11-12H,6-8,13H2,1H3. The molecule has 0 bridgehead atoms. The lowest BCUT2D eigenvalue weighted by molar-refractivity contribution is -0.0542. The molecule has 1 aliphatic heterocycles. The molecule has 1 aromatic rings. The highest BCUT2D eigenvalue weighted by molar-refractivity contribution is 5.25. The second kappa shape index (κ2) is 4.75. The molecule has 2 N–H and O–H groups in total. The van der Waals surface area contributed by atoms with Crippen LogP contribution >= 0.6 is 0 Å². The average Bonchev–Trinajstić information content (AvgIpc) is 2.69. The first-order chi connectivity index (χ1) is 7.29. The van der Waals surface area contributed by atoms with E-state index < -0.39 is 0 Å². The van der Waals surface area contributed by atoms with Crippen molar-refractivity contribution in [2.24, 2.45) is 5.73 Å². The highest BCUT2D eigenvalue weighted by Gasteiger charge is 2.25. The van der Waals surface area contributed by atoms with Gasteiger partial charge < -0.3 is 15.2 Å². The molecule has 1 heterocycles. The van der Waals surface area contributed by atoms with E-state index in [0.29, 0.717) is 13.2 Å². The number of benzene rings is 1. The molecular weight excluding hydrogens is 190 g/mol. The molecule has 3 heteroatoms. The Bertz CT molecular complexity index is 327. The molecule has 0 aliphatic carbocycles. The van der Waals surface area contributed by atoms with Crippen LogP contribution < -0.4 is 5.73 Å². The van der Waals surface area contributed by atoms with E-state index in [-0.39, 0.29) is 12.4 Å². The van der Waals surface area contributed by atoms with Gasteiger partial charge in [-0.3, -0.25) is 0 Å². The summed E-state index contributed by atoms with van der Waals surface area (Å²) < 4.78 is 11.1. The van der Waals surface area contributed by atoms with Gasteiger partial charge in [-0.2, -0.15) is 0 Å². The summed E-state index contributed by atoms with van der Waals surface area (Å²) in [5.74, 6) is 0. The van der Waals surface area contributed by atoms with Crippen molar-refractivity contribution in [2.45, 2.75) is 25.7 Å². The summed E-state index contributed by atoms with van der Waals surface area (Å²) in [4.78, 5) is 0. The van der Waals surface area contributed by atoms with Gasteiger partial charge >= 0.3 is 0 Å². The van der Waals surface area contributed by atoms with Crippen LogP contribution in [-0.4, -0.2) is 25.5 Å². The Morgan fingerprint density at radius 1 is 1.40 bits per heavy atom. The van der Waals surface area contributed by atoms with Crippen molar-refractivity contribution in [1.29, 1.82) is 0 Å². The summed E-state index contributed by atoms with van der Waals surface area (Å²) in [6.45, 7) is 3.25. The lowest BCUT2D eigenvalue weighted by Gasteiger charge is -2.12. The van der Waals surface area contributed by atoms with Gasteiger partial charge in [0, 0.05) is 13.0 Å². The monoisotopic (exact) mass is 207 g/mol. The van der Waals surface area contributed by atoms with E-state index in [0.717, 1.165) is 6.42 Å². The molecule has 0 spiro atoms. The molecule has 0 saturated carbocycles. The maximum absolute atomic E-state index is 5.62. The maximum Gasteiger partial charge on any atom is 0.162 e. The Labute approximate surface area is 90.2 Å². The highest BCUT2D eigenvalue weighted by atomic mass is 16.7. The van der Waals surface area contributed by atoms with E-state index in [9.17, 15) is 0 Å². The van der Waals surface area contributed by atoms with Crippen LogP contribution in [0.5, 0.6) is 0 Å². The van der Waals surface area contributed by atoms with Gasteiger partial charge in [0.15, 0.2) is 6.29 Å². The first kappa shape index (κ1) is 10.6. The number of aryl methyl sites for hydroxylation is 1. The smallest absolute Gasteiger partial charge is 0.162 e. The van der Waals surface area contributed by atoms with Crippen LogP contribution in [0.3, 0.4) is 0 Å². The topological polar surface area (TPSA) is 44.5 Å². The predicted octanol–water partition coefficient (Wildman–Crippen LogP) is 1.24. The van der Waals surface area contributed by atoms with Crippen LogP contribution in [0.4, 0.5) is 0 Å². The maximum atomic E-state index is 5.62. The number of hydrogen-bond donors (Lipinski definition) is 1. The lowest BCUT2D eigenvalue weighted by atomic mass is 10.1. The van der Waals surface area contributed by atoms with Gasteiger partial charge in [-0.25, -0.2) is 0 Å². The van der Waals surface area contributed by atoms with Gasteiger partial charge in [-0.1, -0.05) is 24.3 Å². The van der Waals surface area contributed by atoms with Crippen LogP contribution in [-0.2, 0) is 15.9 Å². The SMILES string of the molecule is Cc1ccccc1CC1OCC(CN)O1. The van der Waals surface area contributed by atoms with Crippen molar-refractivity contribution >= 4 is 0 Å². The number of ether oxygens (including phenoxy) is 2. The summed E-state index contributed by atoms with van der Waals surface area (Å²) in [7, 11) is 0. The molecule has 2 unspecified atom stereocenters. The van der Waals surface area contributed by atoms with E-state index in [4.69, 9.17) is 15.2 Å². The van der Waals surface area contributed by atoms with E-state index in [1.54, 1.807) is 0 Å². The molecule has 3 nitrogen and oxygen atoms in total. The van der Waals surface area contributed by atoms with Crippen LogP contribution in [0.1, 0.15) is 11.1 Å². The Morgan fingerprint density at radius 2 is 2.20 bits per heavy atom. The summed E-state index contributed by atoms with van der Waals surface area (Å²) in [6, 6.07) is 8.29. The molecule has 0 radical (unpaired) electrons. The lowest BCUT2D eigenvalue weighted by Crippen LogP contribution is -2.23. The zero-order valence-corrected chi connectivity index (χ0v) is 8.98. The van der Waals surface area contributed by atoms with Crippen molar-refractivity contribution in [3.8, 4) is 0 Å². The van der Waals surface area contributed by atoms with Gasteiger partial charge in [-0.05, 0) is 18.1 Å². The Hall–Kier alpha value is -0.900. The molecule has 0 amide bonds. The number of hydrogen-bond acceptors (Lipinski definition) is 3. The molecule has 1 aromatic carbocycles. The Kier molecular flexibility index (Phi) is 3.36. The van der Waals surface area contributed by atoms with Crippen LogP contribution in [0.2, 0.25) is 0 Å². The molecule has 1 fully saturated rings. The quantitative estimate of drug-likeness (QED) is 0.811. The molecule has 2 rings (SSSR count). The van der Waals surface area contributed by atoms with Gasteiger partial charge in [-0.15, -0.1) is 0 Å². The van der Waals surface area contributed by atoms with E-state index in [2.05, 4.69) is 19.1 Å². The third-order valence-electron chi connectivity index (χ3n) is 2.72. The van der Waals surface area contributed by atoms with Crippen LogP contribution in [0, 0.1) is 6.92 Å². The van der Waals surface area contributed by atoms with Crippen LogP contribution in [0.25, 0.3) is 0 Å². The second-order valence-corrected chi connectivity index (χ2v) is 3.89. The largest absolute Gasteiger partial charge is 0.350 e. The minimum Gasteiger partial charge on any atom is -0.350 e. The second-order valence-electron chi connectivity index (χ2n) is 3.89. The normalized spacial score (nSPS) is 25.7. The van der Waals surface area contributed by atoms with Crippen molar-refractivity contribution in [3.63, 3.8) is 0 Å². The molecule has 82 valence electrons. The van der Waals surface area contributed by atoms with Gasteiger partial charge in [0.2, 0.25) is 0 Å². The zero-order valence-electron chi connectivity index (χ0n) is 8.98. The summed E-state index contributed by atoms with van der Waals surface area (Å²) in [5, 5.41) is 0. The molecule has 2 atom stereocenters. The molecular formula is C12H17NO2. The molecule has 1 saturated heterocycles. The fraction of sp³-hybridized carbons (Fsp3) is 0.500. The van der Waals surface area contributed by atoms with Crippen molar-refractivity contribution in [1.82, 2.24) is 0 Å². The number of nitrogens with two attached hydrogens (primary N) is 1. The zero-order chi connectivity index (χ0) is 10.7. The minimum atomic E-state index is -0.125. The summed E-state index contributed by atoms with van der Waals surface area (Å²) >= 11 is 0. The Balaban J connectivity index is 1.96. The molecule has 0 aromatic heterocycles. The van der Waals surface area contributed by atoms with Gasteiger partial charge in [0.05, 0.1) is 12.7 Å². The van der Waals surface area contributed by atoms with Crippen LogP contribution in [0.15, 0.2) is 24.3 Å². The van der Waals surface area contributed by atoms with Gasteiger partial charge in [0.25, 0.3) is 0 Å². The van der Waals surface area contributed by atoms with Crippen molar-refractivity contribution < 1.29 is 9.47 Å². The first-order valence-electron chi connectivity index (χ1n) is 5.31. The third kappa shape index (κ3) is 2.56. The first-order valence-corrected chi connectivity index (χ1v) is 5.31. The average molecular weight is 207 g/mol. The third-order valence-corrected chi connectivity index (χ3v) is 2.72. The van der Waals surface area contributed by atoms with Gasteiger partial charge in [0.1, 0.15) is 0 Å².